The van der Waals surface area contributed by atoms with Crippen molar-refractivity contribution in [1.82, 2.24) is 4.90 Å². The lowest BCUT2D eigenvalue weighted by molar-refractivity contribution is 0.0535. The number of aliphatic hydroxyl groups is 1. The third-order valence-electron chi connectivity index (χ3n) is 4.31. The maximum atomic E-state index is 11.5. The van der Waals surface area contributed by atoms with Crippen LogP contribution in [0.15, 0.2) is 12.1 Å². The predicted octanol–water partition coefficient (Wildman–Crippen LogP) is 1.15. The van der Waals surface area contributed by atoms with Gasteiger partial charge in [0.05, 0.1) is 11.7 Å². The summed E-state index contributed by atoms with van der Waals surface area (Å²) in [5, 5.41) is 10.4. The molecule has 1 aromatic carbocycles. The van der Waals surface area contributed by atoms with Crippen molar-refractivity contribution in [3.05, 3.63) is 34.4 Å². The summed E-state index contributed by atoms with van der Waals surface area (Å²) in [5.41, 5.74) is 9.25. The molecule has 2 heterocycles. The van der Waals surface area contributed by atoms with Crippen LogP contribution in [0.2, 0.25) is 0 Å². The van der Waals surface area contributed by atoms with E-state index in [1.165, 1.54) is 0 Å². The average Bonchev–Trinajstić information content (AvgIpc) is 2.97. The number of carbonyl (C=O) groups excluding carboxylic acids is 1. The molecular formula is C15H21ClN2O3. The summed E-state index contributed by atoms with van der Waals surface area (Å²) in [7, 11) is 0. The Balaban J connectivity index is 0.00000161. The topological polar surface area (TPSA) is 75.8 Å². The van der Waals surface area contributed by atoms with E-state index in [1.54, 1.807) is 6.07 Å². The monoisotopic (exact) mass is 312 g/mol. The van der Waals surface area contributed by atoms with Crippen molar-refractivity contribution in [2.45, 2.75) is 32.1 Å². The zero-order valence-electron chi connectivity index (χ0n) is 12.0. The van der Waals surface area contributed by atoms with Gasteiger partial charge in [0.2, 0.25) is 0 Å². The molecule has 2 aliphatic heterocycles. The lowest BCUT2D eigenvalue weighted by Crippen LogP contribution is -2.30. The highest BCUT2D eigenvalue weighted by atomic mass is 35.5. The second-order valence-corrected chi connectivity index (χ2v) is 5.71. The van der Waals surface area contributed by atoms with Crippen LogP contribution in [-0.2, 0) is 11.3 Å². The van der Waals surface area contributed by atoms with E-state index in [0.717, 1.165) is 36.2 Å². The number of nitrogens with two attached hydrogens (primary N) is 1. The third kappa shape index (κ3) is 3.06. The van der Waals surface area contributed by atoms with Crippen LogP contribution in [0.25, 0.3) is 0 Å². The van der Waals surface area contributed by atoms with Crippen LogP contribution in [0.1, 0.15) is 39.6 Å². The number of ether oxygens (including phenoxy) is 1. The van der Waals surface area contributed by atoms with E-state index in [2.05, 4.69) is 4.90 Å². The van der Waals surface area contributed by atoms with E-state index in [0.29, 0.717) is 18.7 Å². The highest BCUT2D eigenvalue weighted by Crippen LogP contribution is 2.29. The Bertz CT molecular complexity index is 550. The first kappa shape index (κ1) is 16.2. The molecule has 0 radical (unpaired) electrons. The highest BCUT2D eigenvalue weighted by molar-refractivity contribution is 5.93. The first-order valence-corrected chi connectivity index (χ1v) is 7.01. The van der Waals surface area contributed by atoms with Crippen molar-refractivity contribution in [2.24, 2.45) is 5.73 Å². The maximum absolute atomic E-state index is 11.5. The Morgan fingerprint density at radius 1 is 1.52 bits per heavy atom. The number of likely N-dealkylation sites (tertiary alicyclic amines) is 1. The summed E-state index contributed by atoms with van der Waals surface area (Å²) in [4.78, 5) is 13.7. The highest BCUT2D eigenvalue weighted by Gasteiger charge is 2.27. The van der Waals surface area contributed by atoms with Gasteiger partial charge >= 0.3 is 5.97 Å². The van der Waals surface area contributed by atoms with Crippen LogP contribution in [0, 0.1) is 6.92 Å². The van der Waals surface area contributed by atoms with E-state index in [9.17, 15) is 9.90 Å². The van der Waals surface area contributed by atoms with Crippen LogP contribution in [-0.4, -0.2) is 41.7 Å². The van der Waals surface area contributed by atoms with Crippen molar-refractivity contribution in [3.8, 4) is 0 Å². The summed E-state index contributed by atoms with van der Waals surface area (Å²) >= 11 is 0. The van der Waals surface area contributed by atoms with Gasteiger partial charge in [-0.3, -0.25) is 4.90 Å². The second kappa shape index (κ2) is 6.32. The van der Waals surface area contributed by atoms with Crippen LogP contribution >= 0.6 is 12.4 Å². The smallest absolute Gasteiger partial charge is 0.338 e. The molecule has 2 aliphatic rings. The predicted molar refractivity (Wildman–Crippen MR) is 81.5 cm³/mol. The van der Waals surface area contributed by atoms with E-state index in [4.69, 9.17) is 10.5 Å². The fourth-order valence-corrected chi connectivity index (χ4v) is 3.10. The van der Waals surface area contributed by atoms with Gasteiger partial charge in [0.25, 0.3) is 0 Å². The van der Waals surface area contributed by atoms with E-state index >= 15 is 0 Å². The molecule has 1 saturated heterocycles. The van der Waals surface area contributed by atoms with E-state index < -0.39 is 6.10 Å². The number of halogens is 1. The fourth-order valence-electron chi connectivity index (χ4n) is 3.10. The number of esters is 1. The van der Waals surface area contributed by atoms with E-state index in [-0.39, 0.29) is 24.4 Å². The number of rotatable bonds is 3. The standard InChI is InChI=1S/C15H20N2O3.ClH/c1-9-11(2-3-12-13(9)8-20-15(12)19)14(18)7-17-5-4-10(16)6-17;/h2-3,10,14,18H,4-8,16H2,1H3;1H/t10?,14-;/m0./s1. The molecule has 3 N–H and O–H groups in total. The van der Waals surface area contributed by atoms with Gasteiger partial charge in [-0.1, -0.05) is 6.07 Å². The summed E-state index contributed by atoms with van der Waals surface area (Å²) in [6.45, 7) is 4.61. The van der Waals surface area contributed by atoms with Crippen molar-refractivity contribution in [3.63, 3.8) is 0 Å². The van der Waals surface area contributed by atoms with Crippen molar-refractivity contribution >= 4 is 18.4 Å². The number of nitrogens with zero attached hydrogens (tertiary/aromatic N) is 1. The molecule has 1 unspecified atom stereocenters. The second-order valence-electron chi connectivity index (χ2n) is 5.71. The van der Waals surface area contributed by atoms with Crippen molar-refractivity contribution in [1.29, 1.82) is 0 Å². The minimum Gasteiger partial charge on any atom is -0.457 e. The van der Waals surface area contributed by atoms with Gasteiger partial charge in [0.15, 0.2) is 0 Å². The Labute approximate surface area is 130 Å². The molecule has 6 heteroatoms. The Kier molecular flexibility index (Phi) is 4.88. The van der Waals surface area contributed by atoms with Crippen molar-refractivity contribution < 1.29 is 14.6 Å². The quantitative estimate of drug-likeness (QED) is 0.819. The molecule has 0 spiro atoms. The SMILES string of the molecule is Cc1c([C@@H](O)CN2CCC(N)C2)ccc2c1COC2=O.Cl. The number of benzene rings is 1. The first-order valence-electron chi connectivity index (χ1n) is 7.01. The number of carbonyl (C=O) groups is 1. The Hall–Kier alpha value is -1.14. The minimum atomic E-state index is -0.554. The van der Waals surface area contributed by atoms with Crippen LogP contribution in [0.4, 0.5) is 0 Å². The number of cyclic esters (lactones) is 1. The number of hydrogen-bond acceptors (Lipinski definition) is 5. The minimum absolute atomic E-state index is 0. The van der Waals surface area contributed by atoms with Gasteiger partial charge in [-0.05, 0) is 37.1 Å². The maximum Gasteiger partial charge on any atom is 0.338 e. The Morgan fingerprint density at radius 3 is 2.95 bits per heavy atom. The van der Waals surface area contributed by atoms with Gasteiger partial charge in [0, 0.05) is 24.7 Å². The third-order valence-corrected chi connectivity index (χ3v) is 4.31. The van der Waals surface area contributed by atoms with Gasteiger partial charge in [-0.25, -0.2) is 4.79 Å². The average molecular weight is 313 g/mol. The van der Waals surface area contributed by atoms with Crippen LogP contribution in [0.5, 0.6) is 0 Å². The number of β-amino-alcohol motifs (C(OH)–C–C–N with tert-alkyl or cyclic N) is 1. The molecule has 116 valence electrons. The first-order chi connectivity index (χ1) is 9.56. The van der Waals surface area contributed by atoms with Crippen LogP contribution in [0.3, 0.4) is 0 Å². The van der Waals surface area contributed by atoms with Crippen molar-refractivity contribution in [2.75, 3.05) is 19.6 Å². The molecule has 1 aromatic rings. The van der Waals surface area contributed by atoms with Gasteiger partial charge in [-0.2, -0.15) is 0 Å². The largest absolute Gasteiger partial charge is 0.457 e. The Morgan fingerprint density at radius 2 is 2.29 bits per heavy atom. The molecule has 0 aliphatic carbocycles. The number of aliphatic hydroxyl groups excluding tert-OH is 1. The summed E-state index contributed by atoms with van der Waals surface area (Å²) in [6.07, 6.45) is 0.430. The molecule has 3 rings (SSSR count). The zero-order valence-corrected chi connectivity index (χ0v) is 12.9. The fraction of sp³-hybridized carbons (Fsp3) is 0.533. The summed E-state index contributed by atoms with van der Waals surface area (Å²) in [6, 6.07) is 3.81. The summed E-state index contributed by atoms with van der Waals surface area (Å²) < 4.78 is 5.04. The molecule has 1 fully saturated rings. The van der Waals surface area contributed by atoms with Gasteiger partial charge in [-0.15, -0.1) is 12.4 Å². The molecular weight excluding hydrogens is 292 g/mol. The molecule has 21 heavy (non-hydrogen) atoms. The van der Waals surface area contributed by atoms with E-state index in [1.807, 2.05) is 13.0 Å². The number of fused-ring (bicyclic) bond motifs is 1. The molecule has 0 saturated carbocycles. The van der Waals surface area contributed by atoms with Crippen LogP contribution < -0.4 is 5.73 Å². The molecule has 2 atom stereocenters. The van der Waals surface area contributed by atoms with Gasteiger partial charge in [0.1, 0.15) is 6.61 Å². The molecule has 0 aromatic heterocycles. The lowest BCUT2D eigenvalue weighted by Gasteiger charge is -2.21. The molecule has 0 amide bonds. The summed E-state index contributed by atoms with van der Waals surface area (Å²) in [5.74, 6) is -0.269. The molecule has 0 bridgehead atoms. The van der Waals surface area contributed by atoms with Gasteiger partial charge < -0.3 is 15.6 Å². The molecule has 5 nitrogen and oxygen atoms in total. The number of hydrogen-bond donors (Lipinski definition) is 2. The zero-order chi connectivity index (χ0) is 14.3. The lowest BCUT2D eigenvalue weighted by atomic mass is 9.95. The normalized spacial score (nSPS) is 22.6.